The van der Waals surface area contributed by atoms with Crippen molar-refractivity contribution in [1.29, 1.82) is 0 Å². The zero-order chi connectivity index (χ0) is 10.3. The van der Waals surface area contributed by atoms with E-state index in [-0.39, 0.29) is 0 Å². The van der Waals surface area contributed by atoms with Crippen LogP contribution in [0, 0.1) is 0 Å². The van der Waals surface area contributed by atoms with Gasteiger partial charge in [-0.3, -0.25) is 0 Å². The van der Waals surface area contributed by atoms with Crippen LogP contribution < -0.4 is 4.74 Å². The van der Waals surface area contributed by atoms with E-state index < -0.39 is 0 Å². The highest BCUT2D eigenvalue weighted by Gasteiger charge is 2.23. The fourth-order valence-electron chi connectivity index (χ4n) is 2.86. The minimum atomic E-state index is 0.994. The van der Waals surface area contributed by atoms with Crippen molar-refractivity contribution < 1.29 is 4.74 Å². The monoisotopic (exact) mass is 200 g/mol. The van der Waals surface area contributed by atoms with Crippen LogP contribution in [0.5, 0.6) is 5.75 Å². The molecule has 2 aliphatic rings. The van der Waals surface area contributed by atoms with Crippen molar-refractivity contribution in [3.63, 3.8) is 0 Å². The summed E-state index contributed by atoms with van der Waals surface area (Å²) in [6, 6.07) is 6.53. The zero-order valence-corrected chi connectivity index (χ0v) is 9.18. The van der Waals surface area contributed by atoms with Gasteiger partial charge in [0, 0.05) is 0 Å². The minimum Gasteiger partial charge on any atom is -0.497 e. The van der Waals surface area contributed by atoms with E-state index in [4.69, 9.17) is 4.74 Å². The molecular weight excluding hydrogens is 184 g/mol. The van der Waals surface area contributed by atoms with E-state index in [9.17, 15) is 0 Å². The Kier molecular flexibility index (Phi) is 2.05. The van der Waals surface area contributed by atoms with Gasteiger partial charge in [0.2, 0.25) is 0 Å². The van der Waals surface area contributed by atoms with Gasteiger partial charge in [-0.15, -0.1) is 0 Å². The molecule has 0 spiro atoms. The molecule has 0 N–H and O–H groups in total. The second kappa shape index (κ2) is 3.41. The molecule has 0 heterocycles. The topological polar surface area (TPSA) is 9.23 Å². The average Bonchev–Trinajstić information content (AvgIpc) is 2.66. The van der Waals surface area contributed by atoms with E-state index in [2.05, 4.69) is 18.2 Å². The molecule has 0 bridgehead atoms. The molecule has 0 saturated carbocycles. The van der Waals surface area contributed by atoms with Crippen molar-refractivity contribution in [1.82, 2.24) is 0 Å². The smallest absolute Gasteiger partial charge is 0.119 e. The summed E-state index contributed by atoms with van der Waals surface area (Å²) < 4.78 is 5.27. The lowest BCUT2D eigenvalue weighted by Gasteiger charge is -2.13. The Morgan fingerprint density at radius 3 is 2.87 bits per heavy atom. The molecule has 0 radical (unpaired) electrons. The van der Waals surface area contributed by atoms with Crippen molar-refractivity contribution in [2.45, 2.75) is 32.1 Å². The third-order valence-corrected chi connectivity index (χ3v) is 3.62. The SMILES string of the molecule is COc1ccc2c(c1)CC1=C2CCCC1. The molecule has 0 fully saturated rings. The van der Waals surface area contributed by atoms with Crippen molar-refractivity contribution in [3.05, 3.63) is 34.9 Å². The van der Waals surface area contributed by atoms with Gasteiger partial charge in [0.15, 0.2) is 0 Å². The van der Waals surface area contributed by atoms with Crippen molar-refractivity contribution in [3.8, 4) is 5.75 Å². The molecular formula is C14H16O. The number of benzene rings is 1. The highest BCUT2D eigenvalue weighted by atomic mass is 16.5. The number of methoxy groups -OCH3 is 1. The third kappa shape index (κ3) is 1.38. The van der Waals surface area contributed by atoms with Gasteiger partial charge in [-0.1, -0.05) is 11.6 Å². The van der Waals surface area contributed by atoms with Crippen LogP contribution in [0.4, 0.5) is 0 Å². The molecule has 78 valence electrons. The number of rotatable bonds is 1. The summed E-state index contributed by atoms with van der Waals surface area (Å²) >= 11 is 0. The summed E-state index contributed by atoms with van der Waals surface area (Å²) in [6.45, 7) is 0. The first-order valence-corrected chi connectivity index (χ1v) is 5.76. The largest absolute Gasteiger partial charge is 0.497 e. The molecule has 0 aliphatic heterocycles. The van der Waals surface area contributed by atoms with E-state index in [0.29, 0.717) is 0 Å². The second-order valence-corrected chi connectivity index (χ2v) is 4.49. The summed E-state index contributed by atoms with van der Waals surface area (Å²) in [5, 5.41) is 0. The van der Waals surface area contributed by atoms with Crippen LogP contribution in [0.1, 0.15) is 36.8 Å². The summed E-state index contributed by atoms with van der Waals surface area (Å²) in [5.41, 5.74) is 6.29. The summed E-state index contributed by atoms with van der Waals surface area (Å²) in [6.07, 6.45) is 6.51. The van der Waals surface area contributed by atoms with Crippen molar-refractivity contribution in [2.24, 2.45) is 0 Å². The van der Waals surface area contributed by atoms with Gasteiger partial charge in [-0.25, -0.2) is 0 Å². The Labute approximate surface area is 90.8 Å². The first-order valence-electron chi connectivity index (χ1n) is 5.76. The third-order valence-electron chi connectivity index (χ3n) is 3.62. The fourth-order valence-corrected chi connectivity index (χ4v) is 2.86. The standard InChI is InChI=1S/C14H16O/c1-15-12-6-7-14-11(9-12)8-10-4-2-3-5-13(10)14/h6-7,9H,2-5,8H2,1H3. The van der Waals surface area contributed by atoms with Crippen LogP contribution in [-0.4, -0.2) is 7.11 Å². The lowest BCUT2D eigenvalue weighted by Crippen LogP contribution is -1.93. The number of allylic oxidation sites excluding steroid dienone is 2. The van der Waals surface area contributed by atoms with Crippen LogP contribution in [0.15, 0.2) is 23.8 Å². The van der Waals surface area contributed by atoms with Crippen molar-refractivity contribution >= 4 is 5.57 Å². The Balaban J connectivity index is 2.03. The van der Waals surface area contributed by atoms with E-state index >= 15 is 0 Å². The Morgan fingerprint density at radius 1 is 1.13 bits per heavy atom. The Morgan fingerprint density at radius 2 is 2.00 bits per heavy atom. The maximum absolute atomic E-state index is 5.27. The average molecular weight is 200 g/mol. The van der Waals surface area contributed by atoms with Gasteiger partial charge in [0.25, 0.3) is 0 Å². The highest BCUT2D eigenvalue weighted by molar-refractivity contribution is 5.77. The lowest BCUT2D eigenvalue weighted by molar-refractivity contribution is 0.414. The number of hydrogen-bond acceptors (Lipinski definition) is 1. The molecule has 1 aromatic carbocycles. The molecule has 0 aromatic heterocycles. The molecule has 3 rings (SSSR count). The predicted molar refractivity (Wildman–Crippen MR) is 62.1 cm³/mol. The fraction of sp³-hybridized carbons (Fsp3) is 0.429. The number of ether oxygens (including phenoxy) is 1. The van der Waals surface area contributed by atoms with Gasteiger partial charge < -0.3 is 4.74 Å². The second-order valence-electron chi connectivity index (χ2n) is 4.49. The zero-order valence-electron chi connectivity index (χ0n) is 9.18. The number of hydrogen-bond donors (Lipinski definition) is 0. The van der Waals surface area contributed by atoms with E-state index in [1.807, 2.05) is 0 Å². The van der Waals surface area contributed by atoms with Crippen LogP contribution in [-0.2, 0) is 6.42 Å². The maximum atomic E-state index is 5.27. The Bertz CT molecular complexity index is 429. The normalized spacial score (nSPS) is 18.7. The molecule has 15 heavy (non-hydrogen) atoms. The molecule has 0 unspecified atom stereocenters. The maximum Gasteiger partial charge on any atom is 0.119 e. The highest BCUT2D eigenvalue weighted by Crippen LogP contribution is 2.42. The molecule has 1 heteroatoms. The van der Waals surface area contributed by atoms with E-state index in [1.54, 1.807) is 18.3 Å². The summed E-state index contributed by atoms with van der Waals surface area (Å²) in [4.78, 5) is 0. The first kappa shape index (κ1) is 9.02. The van der Waals surface area contributed by atoms with Gasteiger partial charge in [0.05, 0.1) is 7.11 Å². The van der Waals surface area contributed by atoms with Crippen LogP contribution in [0.25, 0.3) is 5.57 Å². The van der Waals surface area contributed by atoms with E-state index in [0.717, 1.165) is 5.75 Å². The van der Waals surface area contributed by atoms with Crippen LogP contribution >= 0.6 is 0 Å². The van der Waals surface area contributed by atoms with Crippen LogP contribution in [0.3, 0.4) is 0 Å². The van der Waals surface area contributed by atoms with Gasteiger partial charge in [0.1, 0.15) is 5.75 Å². The number of fused-ring (bicyclic) bond motifs is 2. The lowest BCUT2D eigenvalue weighted by atomic mass is 9.92. The molecule has 0 atom stereocenters. The van der Waals surface area contributed by atoms with Crippen molar-refractivity contribution in [2.75, 3.05) is 7.11 Å². The quantitative estimate of drug-likeness (QED) is 0.673. The summed E-state index contributed by atoms with van der Waals surface area (Å²) in [5.74, 6) is 0.994. The van der Waals surface area contributed by atoms with Gasteiger partial charge in [-0.2, -0.15) is 0 Å². The molecule has 0 saturated heterocycles. The van der Waals surface area contributed by atoms with Gasteiger partial charge in [-0.05, 0) is 60.9 Å². The molecule has 0 amide bonds. The molecule has 2 aliphatic carbocycles. The minimum absolute atomic E-state index is 0.994. The Hall–Kier alpha value is -1.24. The first-order chi connectivity index (χ1) is 7.38. The molecule has 1 aromatic rings. The summed E-state index contributed by atoms with van der Waals surface area (Å²) in [7, 11) is 1.74. The van der Waals surface area contributed by atoms with E-state index in [1.165, 1.54) is 43.2 Å². The predicted octanol–water partition coefficient (Wildman–Crippen LogP) is 3.58. The van der Waals surface area contributed by atoms with Crippen LogP contribution in [0.2, 0.25) is 0 Å². The van der Waals surface area contributed by atoms with Gasteiger partial charge >= 0.3 is 0 Å². The molecule has 1 nitrogen and oxygen atoms in total.